The lowest BCUT2D eigenvalue weighted by Crippen LogP contribution is -2.60. The quantitative estimate of drug-likeness (QED) is 0.434. The number of hydrogen-bond acceptors (Lipinski definition) is 6. The third-order valence-corrected chi connectivity index (χ3v) is 7.39. The van der Waals surface area contributed by atoms with E-state index in [4.69, 9.17) is 4.74 Å². The van der Waals surface area contributed by atoms with Crippen LogP contribution >= 0.6 is 11.8 Å². The van der Waals surface area contributed by atoms with Crippen molar-refractivity contribution < 1.29 is 19.1 Å². The zero-order valence-corrected chi connectivity index (χ0v) is 22.6. The van der Waals surface area contributed by atoms with Crippen molar-refractivity contribution in [2.45, 2.75) is 85.2 Å². The van der Waals surface area contributed by atoms with Gasteiger partial charge < -0.3 is 15.0 Å². The summed E-state index contributed by atoms with van der Waals surface area (Å²) in [5, 5.41) is 3.06. The van der Waals surface area contributed by atoms with Crippen LogP contribution in [-0.2, 0) is 19.1 Å². The summed E-state index contributed by atoms with van der Waals surface area (Å²) < 4.78 is 4.85. The van der Waals surface area contributed by atoms with Gasteiger partial charge in [0.05, 0.1) is 12.6 Å². The van der Waals surface area contributed by atoms with Crippen LogP contribution in [0.2, 0.25) is 0 Å². The zero-order chi connectivity index (χ0) is 25.0. The Hall–Kier alpha value is -1.54. The van der Waals surface area contributed by atoms with Crippen LogP contribution in [-0.4, -0.2) is 77.0 Å². The molecule has 1 saturated heterocycles. The molecular formula is C24H43N3O4S. The topological polar surface area (TPSA) is 79.0 Å². The van der Waals surface area contributed by atoms with Crippen LogP contribution in [0.25, 0.3) is 0 Å². The van der Waals surface area contributed by atoms with Crippen molar-refractivity contribution in [1.29, 1.82) is 0 Å². The molecule has 2 amide bonds. The number of esters is 1. The molecule has 3 atom stereocenters. The first-order valence-electron chi connectivity index (χ1n) is 11.3. The van der Waals surface area contributed by atoms with Crippen LogP contribution in [0, 0.1) is 11.3 Å². The summed E-state index contributed by atoms with van der Waals surface area (Å²) >= 11 is 1.73. The zero-order valence-electron chi connectivity index (χ0n) is 21.7. The highest BCUT2D eigenvalue weighted by atomic mass is 32.2. The molecule has 1 N–H and O–H groups in total. The Morgan fingerprint density at radius 3 is 2.25 bits per heavy atom. The Balaban J connectivity index is 3.18. The maximum atomic E-state index is 13.7. The molecule has 0 aromatic heterocycles. The van der Waals surface area contributed by atoms with E-state index >= 15 is 0 Å². The SMILES string of the molecule is CCOC(=O)/C(C)=C/C(C(C)C)N(C)C(=O)[C@@H](NC(=O)C1N(C)CSC1(C)C)C(C)(C)C. The number of ether oxygens (including phenoxy) is 1. The molecule has 2 unspecified atom stereocenters. The number of nitrogens with zero attached hydrogens (tertiary/aromatic N) is 2. The third kappa shape index (κ3) is 6.98. The van der Waals surface area contributed by atoms with E-state index in [1.54, 1.807) is 43.6 Å². The van der Waals surface area contributed by atoms with Gasteiger partial charge in [-0.05, 0) is 46.1 Å². The van der Waals surface area contributed by atoms with Gasteiger partial charge in [0, 0.05) is 23.2 Å². The second-order valence-corrected chi connectivity index (χ2v) is 12.2. The van der Waals surface area contributed by atoms with E-state index in [1.165, 1.54) is 0 Å². The van der Waals surface area contributed by atoms with Crippen molar-refractivity contribution >= 4 is 29.5 Å². The van der Waals surface area contributed by atoms with E-state index in [1.807, 2.05) is 46.6 Å². The minimum atomic E-state index is -0.702. The molecule has 1 aliphatic rings. The van der Waals surface area contributed by atoms with Crippen molar-refractivity contribution in [3.05, 3.63) is 11.6 Å². The van der Waals surface area contributed by atoms with Crippen molar-refractivity contribution in [2.24, 2.45) is 11.3 Å². The fourth-order valence-electron chi connectivity index (χ4n) is 4.01. The predicted molar refractivity (Wildman–Crippen MR) is 131 cm³/mol. The Kier molecular flexibility index (Phi) is 9.84. The van der Waals surface area contributed by atoms with Gasteiger partial charge in [-0.1, -0.05) is 40.7 Å². The highest BCUT2D eigenvalue weighted by Crippen LogP contribution is 2.38. The molecule has 8 heteroatoms. The lowest BCUT2D eigenvalue weighted by molar-refractivity contribution is -0.141. The number of carbonyl (C=O) groups is 3. The Bertz CT molecular complexity index is 727. The first-order chi connectivity index (χ1) is 14.5. The molecule has 0 radical (unpaired) electrons. The molecule has 0 aromatic rings. The largest absolute Gasteiger partial charge is 0.463 e. The molecular weight excluding hydrogens is 426 g/mol. The van der Waals surface area contributed by atoms with Gasteiger partial charge in [0.25, 0.3) is 0 Å². The number of carbonyl (C=O) groups excluding carboxylic acids is 3. The minimum Gasteiger partial charge on any atom is -0.463 e. The normalized spacial score (nSPS) is 21.2. The van der Waals surface area contributed by atoms with Crippen molar-refractivity contribution in [1.82, 2.24) is 15.1 Å². The summed E-state index contributed by atoms with van der Waals surface area (Å²) in [6.07, 6.45) is 1.78. The fraction of sp³-hybridized carbons (Fsp3) is 0.792. The van der Waals surface area contributed by atoms with E-state index in [9.17, 15) is 14.4 Å². The number of thioether (sulfide) groups is 1. The van der Waals surface area contributed by atoms with Crippen molar-refractivity contribution in [2.75, 3.05) is 26.6 Å². The molecule has 0 saturated carbocycles. The summed E-state index contributed by atoms with van der Waals surface area (Å²) in [7, 11) is 3.66. The second kappa shape index (κ2) is 11.1. The maximum Gasteiger partial charge on any atom is 0.333 e. The average Bonchev–Trinajstić information content (AvgIpc) is 2.94. The summed E-state index contributed by atoms with van der Waals surface area (Å²) in [6, 6.07) is -1.33. The van der Waals surface area contributed by atoms with E-state index in [2.05, 4.69) is 19.2 Å². The third-order valence-electron chi connectivity index (χ3n) is 5.88. The Morgan fingerprint density at radius 1 is 1.28 bits per heavy atom. The average molecular weight is 470 g/mol. The fourth-order valence-corrected chi connectivity index (χ4v) is 5.14. The van der Waals surface area contributed by atoms with Crippen LogP contribution in [0.4, 0.5) is 0 Å². The first-order valence-corrected chi connectivity index (χ1v) is 12.3. The first kappa shape index (κ1) is 28.5. The Morgan fingerprint density at radius 2 is 1.84 bits per heavy atom. The van der Waals surface area contributed by atoms with E-state index in [0.29, 0.717) is 12.2 Å². The molecule has 0 spiro atoms. The molecule has 0 bridgehead atoms. The number of amides is 2. The molecule has 32 heavy (non-hydrogen) atoms. The highest BCUT2D eigenvalue weighted by molar-refractivity contribution is 8.00. The van der Waals surface area contributed by atoms with Gasteiger partial charge in [-0.25, -0.2) is 4.79 Å². The standard InChI is InChI=1S/C24H43N3O4S/c1-12-31-22(30)16(4)13-17(15(2)3)27(11)21(29)18(23(5,6)7)25-20(28)19-24(8,9)32-14-26(19)10/h13,15,17-19H,12,14H2,1-11H3,(H,25,28)/b16-13+/t17?,18-,19?/m1/s1. The van der Waals surface area contributed by atoms with Crippen LogP contribution in [0.3, 0.4) is 0 Å². The molecule has 0 aliphatic carbocycles. The molecule has 1 rings (SSSR count). The molecule has 184 valence electrons. The van der Waals surface area contributed by atoms with Crippen molar-refractivity contribution in [3.63, 3.8) is 0 Å². The van der Waals surface area contributed by atoms with Gasteiger partial charge in [0.2, 0.25) is 11.8 Å². The lowest BCUT2D eigenvalue weighted by atomic mass is 9.84. The van der Waals surface area contributed by atoms with Gasteiger partial charge in [-0.3, -0.25) is 14.5 Å². The van der Waals surface area contributed by atoms with Gasteiger partial charge in [-0.15, -0.1) is 11.8 Å². The van der Waals surface area contributed by atoms with Crippen LogP contribution in [0.15, 0.2) is 11.6 Å². The van der Waals surface area contributed by atoms with Gasteiger partial charge in [0.1, 0.15) is 12.1 Å². The van der Waals surface area contributed by atoms with Crippen LogP contribution in [0.5, 0.6) is 0 Å². The number of nitrogens with one attached hydrogen (secondary N) is 1. The van der Waals surface area contributed by atoms with E-state index in [0.717, 1.165) is 5.88 Å². The maximum absolute atomic E-state index is 13.7. The molecule has 1 aliphatic heterocycles. The number of hydrogen-bond donors (Lipinski definition) is 1. The second-order valence-electron chi connectivity index (χ2n) is 10.6. The minimum absolute atomic E-state index is 0.0703. The molecule has 1 heterocycles. The van der Waals surface area contributed by atoms with Crippen molar-refractivity contribution in [3.8, 4) is 0 Å². The Labute approximate surface area is 198 Å². The smallest absolute Gasteiger partial charge is 0.333 e. The summed E-state index contributed by atoms with van der Waals surface area (Å²) in [4.78, 5) is 42.7. The van der Waals surface area contributed by atoms with E-state index < -0.39 is 11.5 Å². The van der Waals surface area contributed by atoms with Crippen LogP contribution in [0.1, 0.15) is 62.3 Å². The monoisotopic (exact) mass is 469 g/mol. The number of likely N-dealkylation sites (N-methyl/N-ethyl adjacent to an activating group) is 2. The summed E-state index contributed by atoms with van der Waals surface area (Å²) in [5.41, 5.74) is -0.0235. The highest BCUT2D eigenvalue weighted by Gasteiger charge is 2.46. The lowest BCUT2D eigenvalue weighted by Gasteiger charge is -2.39. The number of rotatable bonds is 8. The predicted octanol–water partition coefficient (Wildman–Crippen LogP) is 3.29. The molecule has 7 nitrogen and oxygen atoms in total. The van der Waals surface area contributed by atoms with Gasteiger partial charge in [0.15, 0.2) is 0 Å². The van der Waals surface area contributed by atoms with Crippen LogP contribution < -0.4 is 5.32 Å². The summed E-state index contributed by atoms with van der Waals surface area (Å²) in [6.45, 7) is 17.7. The summed E-state index contributed by atoms with van der Waals surface area (Å²) in [5.74, 6) is 0.142. The van der Waals surface area contributed by atoms with E-state index in [-0.39, 0.29) is 40.5 Å². The molecule has 1 fully saturated rings. The molecule has 0 aromatic carbocycles. The van der Waals surface area contributed by atoms with Gasteiger partial charge in [-0.2, -0.15) is 0 Å². The van der Waals surface area contributed by atoms with Gasteiger partial charge >= 0.3 is 5.97 Å².